The number of carbonyl (C=O) groups excluding carboxylic acids is 1. The maximum atomic E-state index is 13.9. The van der Waals surface area contributed by atoms with Crippen LogP contribution in [0.25, 0.3) is 0 Å². The second-order valence-electron chi connectivity index (χ2n) is 6.85. The van der Waals surface area contributed by atoms with E-state index >= 15 is 0 Å². The Morgan fingerprint density at radius 3 is 2.00 bits per heavy atom. The third-order valence-electron chi connectivity index (χ3n) is 4.66. The van der Waals surface area contributed by atoms with Crippen molar-refractivity contribution in [2.24, 2.45) is 0 Å². The van der Waals surface area contributed by atoms with E-state index in [2.05, 4.69) is 26.2 Å². The van der Waals surface area contributed by atoms with E-state index in [1.165, 1.54) is 18.2 Å². The molecule has 0 aliphatic carbocycles. The van der Waals surface area contributed by atoms with Gasteiger partial charge in [0, 0.05) is 0 Å². The van der Waals surface area contributed by atoms with Crippen LogP contribution in [0, 0.1) is 15.9 Å². The van der Waals surface area contributed by atoms with Crippen LogP contribution in [-0.2, 0) is 0 Å². The highest BCUT2D eigenvalue weighted by atomic mass is 19.1. The second-order valence-corrected chi connectivity index (χ2v) is 6.85. The molecule has 3 N–H and O–H groups in total. The van der Waals surface area contributed by atoms with Crippen LogP contribution in [0.2, 0.25) is 0 Å². The Hall–Kier alpha value is -5.06. The van der Waals surface area contributed by atoms with E-state index in [0.29, 0.717) is 11.4 Å². The molecular formula is C23H18FN7O3. The smallest absolute Gasteiger partial charge is 0.276 e. The van der Waals surface area contributed by atoms with E-state index in [-0.39, 0.29) is 17.2 Å². The molecular weight excluding hydrogens is 441 g/mol. The lowest BCUT2D eigenvalue weighted by Gasteiger charge is -2.26. The molecule has 0 radical (unpaired) electrons. The Bertz CT molecular complexity index is 1270. The molecule has 0 spiro atoms. The standard InChI is InChI=1S/C23H18FN7O3/c24-19-14-8-7-13-18(19)23(32)28-27-21-20(31(33)34)22(26-15-25-21)29-30(16-9-3-1-4-10-16)17-11-5-2-6-12-17/h1-15H,(H,28,32)(H2,25,26,27,29). The molecule has 3 aromatic carbocycles. The zero-order valence-corrected chi connectivity index (χ0v) is 17.6. The summed E-state index contributed by atoms with van der Waals surface area (Å²) in [5.74, 6) is -1.97. The summed E-state index contributed by atoms with van der Waals surface area (Å²) in [6.07, 6.45) is 1.10. The maximum absolute atomic E-state index is 13.9. The van der Waals surface area contributed by atoms with Gasteiger partial charge in [-0.05, 0) is 36.4 Å². The van der Waals surface area contributed by atoms with Crippen molar-refractivity contribution in [2.45, 2.75) is 0 Å². The Kier molecular flexibility index (Phi) is 6.54. The molecule has 4 aromatic rings. The number of hydrogen-bond donors (Lipinski definition) is 3. The third kappa shape index (κ3) is 4.88. The number of hydrazine groups is 2. The molecule has 0 atom stereocenters. The van der Waals surface area contributed by atoms with Gasteiger partial charge in [-0.2, -0.15) is 0 Å². The summed E-state index contributed by atoms with van der Waals surface area (Å²) >= 11 is 0. The minimum atomic E-state index is -0.823. The highest BCUT2D eigenvalue weighted by Gasteiger charge is 2.26. The van der Waals surface area contributed by atoms with E-state index in [1.54, 1.807) is 5.01 Å². The van der Waals surface area contributed by atoms with Gasteiger partial charge in [0.15, 0.2) is 0 Å². The maximum Gasteiger partial charge on any atom is 0.356 e. The Balaban J connectivity index is 1.64. The van der Waals surface area contributed by atoms with Crippen molar-refractivity contribution < 1.29 is 14.1 Å². The molecule has 0 fully saturated rings. The number of nitrogens with zero attached hydrogens (tertiary/aromatic N) is 4. The highest BCUT2D eigenvalue weighted by Crippen LogP contribution is 2.32. The largest absolute Gasteiger partial charge is 0.356 e. The molecule has 1 aromatic heterocycles. The SMILES string of the molecule is O=C(NNc1ncnc(NN(c2ccccc2)c2ccccc2)c1[N+](=O)[O-])c1ccccc1F. The molecule has 4 rings (SSSR count). The monoisotopic (exact) mass is 459 g/mol. The van der Waals surface area contributed by atoms with Crippen molar-refractivity contribution in [1.29, 1.82) is 0 Å². The normalized spacial score (nSPS) is 10.3. The number of rotatable bonds is 8. The number of halogens is 1. The van der Waals surface area contributed by atoms with E-state index in [0.717, 1.165) is 12.4 Å². The van der Waals surface area contributed by atoms with Crippen LogP contribution >= 0.6 is 0 Å². The van der Waals surface area contributed by atoms with Gasteiger partial charge in [-0.15, -0.1) is 0 Å². The number of amides is 1. The van der Waals surface area contributed by atoms with Crippen molar-refractivity contribution >= 4 is 34.6 Å². The van der Waals surface area contributed by atoms with Gasteiger partial charge in [0.05, 0.1) is 21.9 Å². The van der Waals surface area contributed by atoms with Gasteiger partial charge in [0.1, 0.15) is 12.1 Å². The van der Waals surface area contributed by atoms with E-state index < -0.39 is 22.3 Å². The van der Waals surface area contributed by atoms with Gasteiger partial charge in [-0.3, -0.25) is 36.2 Å². The molecule has 1 heterocycles. The van der Waals surface area contributed by atoms with Crippen LogP contribution < -0.4 is 21.3 Å². The van der Waals surface area contributed by atoms with Crippen LogP contribution in [0.3, 0.4) is 0 Å². The van der Waals surface area contributed by atoms with Crippen LogP contribution in [0.1, 0.15) is 10.4 Å². The molecule has 1 amide bonds. The average molecular weight is 459 g/mol. The van der Waals surface area contributed by atoms with E-state index in [9.17, 15) is 19.3 Å². The molecule has 0 bridgehead atoms. The van der Waals surface area contributed by atoms with Gasteiger partial charge < -0.3 is 0 Å². The van der Waals surface area contributed by atoms with Crippen LogP contribution in [0.4, 0.5) is 33.1 Å². The molecule has 0 saturated heterocycles. The zero-order valence-electron chi connectivity index (χ0n) is 17.6. The molecule has 0 saturated carbocycles. The average Bonchev–Trinajstić information content (AvgIpc) is 2.87. The first-order valence-corrected chi connectivity index (χ1v) is 10.0. The number of para-hydroxylation sites is 2. The number of anilines is 4. The van der Waals surface area contributed by atoms with Crippen molar-refractivity contribution in [2.75, 3.05) is 15.9 Å². The van der Waals surface area contributed by atoms with Crippen molar-refractivity contribution in [3.63, 3.8) is 0 Å². The molecule has 0 unspecified atom stereocenters. The lowest BCUT2D eigenvalue weighted by atomic mass is 10.2. The quantitative estimate of drug-likeness (QED) is 0.261. The van der Waals surface area contributed by atoms with E-state index in [4.69, 9.17) is 0 Å². The fourth-order valence-corrected chi connectivity index (χ4v) is 3.09. The van der Waals surface area contributed by atoms with Gasteiger partial charge >= 0.3 is 5.69 Å². The van der Waals surface area contributed by atoms with Gasteiger partial charge in [0.2, 0.25) is 11.6 Å². The van der Waals surface area contributed by atoms with Crippen LogP contribution in [0.15, 0.2) is 91.3 Å². The Labute approximate surface area is 193 Å². The van der Waals surface area contributed by atoms with Gasteiger partial charge in [-0.25, -0.2) is 14.4 Å². The third-order valence-corrected chi connectivity index (χ3v) is 4.66. The summed E-state index contributed by atoms with van der Waals surface area (Å²) in [6, 6.07) is 23.6. The number of carbonyl (C=O) groups is 1. The van der Waals surface area contributed by atoms with Crippen molar-refractivity contribution in [3.8, 4) is 0 Å². The predicted octanol–water partition coefficient (Wildman–Crippen LogP) is 4.45. The number of nitrogens with one attached hydrogen (secondary N) is 3. The molecule has 11 heteroatoms. The Morgan fingerprint density at radius 1 is 0.853 bits per heavy atom. The topological polar surface area (TPSA) is 125 Å². The number of hydrogen-bond acceptors (Lipinski definition) is 8. The first-order valence-electron chi connectivity index (χ1n) is 10.0. The fraction of sp³-hybridized carbons (Fsp3) is 0. The lowest BCUT2D eigenvalue weighted by Crippen LogP contribution is -2.31. The summed E-state index contributed by atoms with van der Waals surface area (Å²) in [4.78, 5) is 31.4. The predicted molar refractivity (Wildman–Crippen MR) is 125 cm³/mol. The Morgan fingerprint density at radius 2 is 1.41 bits per heavy atom. The van der Waals surface area contributed by atoms with E-state index in [1.807, 2.05) is 60.7 Å². The molecule has 170 valence electrons. The molecule has 0 aliphatic rings. The second kappa shape index (κ2) is 10.0. The fourth-order valence-electron chi connectivity index (χ4n) is 3.09. The number of benzene rings is 3. The molecule has 0 aliphatic heterocycles. The van der Waals surface area contributed by atoms with Gasteiger partial charge in [0.25, 0.3) is 5.91 Å². The molecule has 10 nitrogen and oxygen atoms in total. The molecule has 34 heavy (non-hydrogen) atoms. The van der Waals surface area contributed by atoms with Gasteiger partial charge in [-0.1, -0.05) is 48.5 Å². The number of aromatic nitrogens is 2. The number of nitro groups is 1. The van der Waals surface area contributed by atoms with Crippen LogP contribution in [0.5, 0.6) is 0 Å². The minimum Gasteiger partial charge on any atom is -0.276 e. The minimum absolute atomic E-state index is 0.129. The summed E-state index contributed by atoms with van der Waals surface area (Å²) in [6.45, 7) is 0. The first-order chi connectivity index (χ1) is 16.5. The first kappa shape index (κ1) is 22.1. The van der Waals surface area contributed by atoms with Crippen molar-refractivity contribution in [1.82, 2.24) is 15.4 Å². The van der Waals surface area contributed by atoms with Crippen LogP contribution in [-0.4, -0.2) is 20.8 Å². The summed E-state index contributed by atoms with van der Waals surface area (Å²) < 4.78 is 13.9. The van der Waals surface area contributed by atoms with Crippen molar-refractivity contribution in [3.05, 3.63) is 113 Å². The lowest BCUT2D eigenvalue weighted by molar-refractivity contribution is -0.383. The summed E-state index contributed by atoms with van der Waals surface area (Å²) in [7, 11) is 0. The summed E-state index contributed by atoms with van der Waals surface area (Å²) in [5.41, 5.74) is 8.23. The highest BCUT2D eigenvalue weighted by molar-refractivity contribution is 5.95. The summed E-state index contributed by atoms with van der Waals surface area (Å²) in [5, 5.41) is 13.5. The zero-order chi connectivity index (χ0) is 23.9.